The van der Waals surface area contributed by atoms with Gasteiger partial charge in [-0.25, -0.2) is 0 Å². The summed E-state index contributed by atoms with van der Waals surface area (Å²) in [6.07, 6.45) is 7.76. The average molecular weight is 203 g/mol. The van der Waals surface area contributed by atoms with E-state index in [9.17, 15) is 5.11 Å². The van der Waals surface area contributed by atoms with E-state index in [1.165, 1.54) is 25.7 Å². The lowest BCUT2D eigenvalue weighted by Crippen LogP contribution is -2.39. The molecule has 0 radical (unpaired) electrons. The molecule has 76 valence electrons. The Morgan fingerprint density at radius 1 is 1.31 bits per heavy atom. The normalized spacial score (nSPS) is 47.3. The Labute approximate surface area is 85.5 Å². The van der Waals surface area contributed by atoms with Gasteiger partial charge in [0.25, 0.3) is 0 Å². The molecule has 0 heterocycles. The molecular formula is C11H19ClO. The average Bonchev–Trinajstić information content (AvgIpc) is 2.02. The number of rotatable bonds is 1. The minimum absolute atomic E-state index is 0.00441. The number of aliphatic hydroxyl groups is 1. The number of fused-ring (bicyclic) bond motifs is 2. The topological polar surface area (TPSA) is 20.2 Å². The summed E-state index contributed by atoms with van der Waals surface area (Å²) in [6, 6.07) is 0. The van der Waals surface area contributed by atoms with Gasteiger partial charge in [0, 0.05) is 5.41 Å². The van der Waals surface area contributed by atoms with Gasteiger partial charge in [0.15, 0.2) is 0 Å². The van der Waals surface area contributed by atoms with Gasteiger partial charge < -0.3 is 5.11 Å². The van der Waals surface area contributed by atoms with E-state index in [1.54, 1.807) is 0 Å². The highest BCUT2D eigenvalue weighted by Gasteiger charge is 2.42. The van der Waals surface area contributed by atoms with Crippen LogP contribution in [0.2, 0.25) is 0 Å². The highest BCUT2D eigenvalue weighted by Crippen LogP contribution is 2.50. The zero-order chi connectivity index (χ0) is 9.47. The molecule has 0 aromatic heterocycles. The summed E-state index contributed by atoms with van der Waals surface area (Å²) in [7, 11) is 0. The van der Waals surface area contributed by atoms with E-state index < -0.39 is 5.56 Å². The first-order chi connectivity index (χ1) is 6.10. The van der Waals surface area contributed by atoms with Crippen molar-refractivity contribution in [3.8, 4) is 0 Å². The van der Waals surface area contributed by atoms with E-state index in [4.69, 9.17) is 11.6 Å². The number of alkyl halides is 1. The molecule has 2 rings (SSSR count). The van der Waals surface area contributed by atoms with Gasteiger partial charge in [-0.05, 0) is 31.1 Å². The molecule has 1 N–H and O–H groups in total. The van der Waals surface area contributed by atoms with Crippen molar-refractivity contribution in [1.82, 2.24) is 0 Å². The third-order valence-corrected chi connectivity index (χ3v) is 4.50. The molecule has 13 heavy (non-hydrogen) atoms. The van der Waals surface area contributed by atoms with Crippen LogP contribution in [-0.2, 0) is 0 Å². The van der Waals surface area contributed by atoms with Crippen LogP contribution in [0.15, 0.2) is 0 Å². The second kappa shape index (κ2) is 3.43. The molecule has 2 aliphatic rings. The predicted molar refractivity (Wildman–Crippen MR) is 54.6 cm³/mol. The third-order valence-electron chi connectivity index (χ3n) is 3.98. The molecule has 0 amide bonds. The summed E-state index contributed by atoms with van der Waals surface area (Å²) in [5.74, 6) is 1.68. The summed E-state index contributed by atoms with van der Waals surface area (Å²) in [6.45, 7) is 2.15. The van der Waals surface area contributed by atoms with Gasteiger partial charge in [-0.15, -0.1) is 0 Å². The molecule has 3 unspecified atom stereocenters. The Bertz CT molecular complexity index is 179. The van der Waals surface area contributed by atoms with Crippen LogP contribution in [0.25, 0.3) is 0 Å². The summed E-state index contributed by atoms with van der Waals surface area (Å²) in [4.78, 5) is 0. The standard InChI is InChI=1S/C11H19ClO/c1-11(10(12)13)6-8-3-2-4-9(5-8)7-11/h8-10,13H,2-7H2,1H3. The quantitative estimate of drug-likeness (QED) is 0.648. The van der Waals surface area contributed by atoms with E-state index >= 15 is 0 Å². The molecule has 2 fully saturated rings. The Morgan fingerprint density at radius 2 is 1.85 bits per heavy atom. The molecule has 2 saturated carbocycles. The number of hydrogen-bond acceptors (Lipinski definition) is 1. The zero-order valence-electron chi connectivity index (χ0n) is 8.30. The van der Waals surface area contributed by atoms with Crippen molar-refractivity contribution in [3.05, 3.63) is 0 Å². The fraction of sp³-hybridized carbons (Fsp3) is 1.00. The smallest absolute Gasteiger partial charge is 0.133 e. The predicted octanol–water partition coefficient (Wildman–Crippen LogP) is 3.15. The van der Waals surface area contributed by atoms with E-state index in [2.05, 4.69) is 6.92 Å². The lowest BCUT2D eigenvalue weighted by atomic mass is 9.62. The SMILES string of the molecule is CC1(C(O)Cl)CC2CCCC(C2)C1. The van der Waals surface area contributed by atoms with Crippen molar-refractivity contribution >= 4 is 11.6 Å². The summed E-state index contributed by atoms with van der Waals surface area (Å²) >= 11 is 5.87. The summed E-state index contributed by atoms with van der Waals surface area (Å²) < 4.78 is 0. The Hall–Kier alpha value is 0.250. The minimum atomic E-state index is -0.643. The fourth-order valence-corrected chi connectivity index (χ4v) is 3.55. The summed E-state index contributed by atoms with van der Waals surface area (Å²) in [5.41, 5.74) is -0.647. The molecule has 0 spiro atoms. The highest BCUT2D eigenvalue weighted by atomic mass is 35.5. The van der Waals surface area contributed by atoms with Crippen LogP contribution in [0.1, 0.15) is 45.4 Å². The minimum Gasteiger partial charge on any atom is -0.377 e. The number of aliphatic hydroxyl groups excluding tert-OH is 1. The molecule has 0 aromatic carbocycles. The van der Waals surface area contributed by atoms with E-state index in [0.29, 0.717) is 0 Å². The molecule has 2 heteroatoms. The molecule has 0 saturated heterocycles. The van der Waals surface area contributed by atoms with Crippen molar-refractivity contribution in [2.24, 2.45) is 17.3 Å². The van der Waals surface area contributed by atoms with Crippen LogP contribution < -0.4 is 0 Å². The van der Waals surface area contributed by atoms with Gasteiger partial charge in [0.1, 0.15) is 5.56 Å². The molecule has 0 aliphatic heterocycles. The molecule has 0 aromatic rings. The lowest BCUT2D eigenvalue weighted by Gasteiger charge is -2.46. The van der Waals surface area contributed by atoms with E-state index in [0.717, 1.165) is 24.7 Å². The Kier molecular flexibility index (Phi) is 2.59. The second-order valence-corrected chi connectivity index (χ2v) is 5.71. The van der Waals surface area contributed by atoms with Gasteiger partial charge in [0.05, 0.1) is 0 Å². The van der Waals surface area contributed by atoms with Crippen molar-refractivity contribution < 1.29 is 5.11 Å². The molecule has 2 bridgehead atoms. The van der Waals surface area contributed by atoms with Crippen LogP contribution in [0.5, 0.6) is 0 Å². The van der Waals surface area contributed by atoms with Crippen molar-refractivity contribution in [2.45, 2.75) is 51.0 Å². The van der Waals surface area contributed by atoms with Crippen LogP contribution in [0, 0.1) is 17.3 Å². The van der Waals surface area contributed by atoms with E-state index in [-0.39, 0.29) is 5.41 Å². The second-order valence-electron chi connectivity index (χ2n) is 5.30. The fourth-order valence-electron chi connectivity index (χ4n) is 3.37. The third kappa shape index (κ3) is 1.87. The first-order valence-electron chi connectivity index (χ1n) is 5.42. The van der Waals surface area contributed by atoms with Gasteiger partial charge in [-0.2, -0.15) is 0 Å². The maximum atomic E-state index is 9.56. The molecule has 3 atom stereocenters. The molecule has 1 nitrogen and oxygen atoms in total. The lowest BCUT2D eigenvalue weighted by molar-refractivity contribution is 0.000946. The zero-order valence-corrected chi connectivity index (χ0v) is 9.06. The highest BCUT2D eigenvalue weighted by molar-refractivity contribution is 6.19. The van der Waals surface area contributed by atoms with Gasteiger partial charge in [-0.1, -0.05) is 37.8 Å². The Morgan fingerprint density at radius 3 is 2.31 bits per heavy atom. The number of halogens is 1. The molecular weight excluding hydrogens is 184 g/mol. The van der Waals surface area contributed by atoms with Crippen LogP contribution >= 0.6 is 11.6 Å². The van der Waals surface area contributed by atoms with Crippen molar-refractivity contribution in [3.63, 3.8) is 0 Å². The van der Waals surface area contributed by atoms with E-state index in [1.807, 2.05) is 0 Å². The maximum Gasteiger partial charge on any atom is 0.133 e. The number of hydrogen-bond donors (Lipinski definition) is 1. The van der Waals surface area contributed by atoms with Crippen molar-refractivity contribution in [2.75, 3.05) is 0 Å². The largest absolute Gasteiger partial charge is 0.377 e. The van der Waals surface area contributed by atoms with Gasteiger partial charge in [-0.3, -0.25) is 0 Å². The van der Waals surface area contributed by atoms with Gasteiger partial charge in [0.2, 0.25) is 0 Å². The molecule has 2 aliphatic carbocycles. The maximum absolute atomic E-state index is 9.56. The van der Waals surface area contributed by atoms with Crippen LogP contribution in [0.3, 0.4) is 0 Å². The monoisotopic (exact) mass is 202 g/mol. The van der Waals surface area contributed by atoms with Crippen LogP contribution in [0.4, 0.5) is 0 Å². The first-order valence-corrected chi connectivity index (χ1v) is 5.86. The van der Waals surface area contributed by atoms with Gasteiger partial charge >= 0.3 is 0 Å². The summed E-state index contributed by atoms with van der Waals surface area (Å²) in [5, 5.41) is 9.56. The Balaban J connectivity index is 2.08. The van der Waals surface area contributed by atoms with Crippen molar-refractivity contribution in [1.29, 1.82) is 0 Å². The van der Waals surface area contributed by atoms with Crippen LogP contribution in [-0.4, -0.2) is 10.7 Å². The first kappa shape index (κ1) is 9.79.